The molecule has 6 heteroatoms. The van der Waals surface area contributed by atoms with Crippen molar-refractivity contribution in [3.63, 3.8) is 0 Å². The lowest BCUT2D eigenvalue weighted by Gasteiger charge is -2.22. The number of amides is 2. The number of rotatable bonds is 6. The van der Waals surface area contributed by atoms with Crippen molar-refractivity contribution in [2.24, 2.45) is 0 Å². The molecule has 2 aromatic carbocycles. The van der Waals surface area contributed by atoms with Crippen molar-refractivity contribution in [2.45, 2.75) is 38.1 Å². The zero-order valence-electron chi connectivity index (χ0n) is 15.1. The average Bonchev–Trinajstić information content (AvgIpc) is 2.69. The van der Waals surface area contributed by atoms with Crippen molar-refractivity contribution in [1.82, 2.24) is 5.32 Å². The molecule has 0 atom stereocenters. The van der Waals surface area contributed by atoms with Gasteiger partial charge >= 0.3 is 0 Å². The van der Waals surface area contributed by atoms with Gasteiger partial charge < -0.3 is 16.0 Å². The second-order valence-corrected chi connectivity index (χ2v) is 7.23. The normalized spacial score (nSPS) is 14.4. The highest BCUT2D eigenvalue weighted by atomic mass is 35.5. The first kappa shape index (κ1) is 19.2. The van der Waals surface area contributed by atoms with Crippen LogP contribution in [0.25, 0.3) is 0 Å². The maximum absolute atomic E-state index is 12.3. The molecule has 1 fully saturated rings. The maximum atomic E-state index is 12.3. The summed E-state index contributed by atoms with van der Waals surface area (Å²) in [4.78, 5) is 24.4. The van der Waals surface area contributed by atoms with Crippen molar-refractivity contribution < 1.29 is 9.59 Å². The van der Waals surface area contributed by atoms with Crippen molar-refractivity contribution in [1.29, 1.82) is 0 Å². The largest absolute Gasteiger partial charge is 0.376 e. The van der Waals surface area contributed by atoms with E-state index >= 15 is 0 Å². The molecule has 142 valence electrons. The molecule has 0 heterocycles. The Morgan fingerprint density at radius 2 is 1.52 bits per heavy atom. The van der Waals surface area contributed by atoms with E-state index in [-0.39, 0.29) is 24.4 Å². The van der Waals surface area contributed by atoms with E-state index in [4.69, 9.17) is 11.6 Å². The van der Waals surface area contributed by atoms with Crippen LogP contribution in [0.2, 0.25) is 5.02 Å². The van der Waals surface area contributed by atoms with Gasteiger partial charge in [-0.2, -0.15) is 0 Å². The standard InChI is InChI=1S/C21H24ClN3O2/c22-16-8-12-17(13-9-16)23-14-20(26)24-19-10-6-15(7-11-19)21(27)25-18-4-2-1-3-5-18/h6-13,18,23H,1-5,14H2,(H,24,26)(H,25,27). The molecule has 5 nitrogen and oxygen atoms in total. The zero-order chi connectivity index (χ0) is 19.1. The minimum Gasteiger partial charge on any atom is -0.376 e. The molecule has 0 aromatic heterocycles. The lowest BCUT2D eigenvalue weighted by Crippen LogP contribution is -2.36. The number of halogens is 1. The molecular formula is C21H24ClN3O2. The molecule has 3 N–H and O–H groups in total. The van der Waals surface area contributed by atoms with Gasteiger partial charge in [-0.25, -0.2) is 0 Å². The van der Waals surface area contributed by atoms with E-state index in [1.165, 1.54) is 19.3 Å². The van der Waals surface area contributed by atoms with Gasteiger partial charge in [-0.1, -0.05) is 30.9 Å². The first-order valence-electron chi connectivity index (χ1n) is 9.30. The number of benzene rings is 2. The highest BCUT2D eigenvalue weighted by molar-refractivity contribution is 6.30. The van der Waals surface area contributed by atoms with Gasteiger partial charge in [0, 0.05) is 28.0 Å². The number of carbonyl (C=O) groups is 2. The average molecular weight is 386 g/mol. The van der Waals surface area contributed by atoms with Crippen molar-refractivity contribution >= 4 is 34.8 Å². The SMILES string of the molecule is O=C(CNc1ccc(Cl)cc1)Nc1ccc(C(=O)NC2CCCCC2)cc1. The number of hydrogen-bond donors (Lipinski definition) is 3. The Morgan fingerprint density at radius 3 is 2.19 bits per heavy atom. The van der Waals surface area contributed by atoms with Crippen LogP contribution < -0.4 is 16.0 Å². The molecule has 1 aliphatic rings. The van der Waals surface area contributed by atoms with E-state index in [1.807, 2.05) is 12.1 Å². The summed E-state index contributed by atoms with van der Waals surface area (Å²) >= 11 is 5.84. The summed E-state index contributed by atoms with van der Waals surface area (Å²) in [5.74, 6) is -0.214. The molecular weight excluding hydrogens is 362 g/mol. The first-order valence-corrected chi connectivity index (χ1v) is 9.68. The molecule has 2 aromatic rings. The van der Waals surface area contributed by atoms with E-state index in [9.17, 15) is 9.59 Å². The highest BCUT2D eigenvalue weighted by Crippen LogP contribution is 2.18. The van der Waals surface area contributed by atoms with Crippen LogP contribution in [-0.2, 0) is 4.79 Å². The van der Waals surface area contributed by atoms with Crippen LogP contribution >= 0.6 is 11.6 Å². The monoisotopic (exact) mass is 385 g/mol. The number of carbonyl (C=O) groups excluding carboxylic acids is 2. The number of hydrogen-bond acceptors (Lipinski definition) is 3. The topological polar surface area (TPSA) is 70.2 Å². The smallest absolute Gasteiger partial charge is 0.251 e. The van der Waals surface area contributed by atoms with Crippen LogP contribution in [0.3, 0.4) is 0 Å². The van der Waals surface area contributed by atoms with Gasteiger partial charge in [0.2, 0.25) is 5.91 Å². The third-order valence-electron chi connectivity index (χ3n) is 4.67. The molecule has 27 heavy (non-hydrogen) atoms. The van der Waals surface area contributed by atoms with E-state index in [1.54, 1.807) is 36.4 Å². The predicted octanol–water partition coefficient (Wildman–Crippen LogP) is 4.45. The fraction of sp³-hybridized carbons (Fsp3) is 0.333. The van der Waals surface area contributed by atoms with Crippen molar-refractivity contribution in [2.75, 3.05) is 17.2 Å². The second kappa shape index (κ2) is 9.42. The summed E-state index contributed by atoms with van der Waals surface area (Å²) < 4.78 is 0. The lowest BCUT2D eigenvalue weighted by atomic mass is 9.95. The maximum Gasteiger partial charge on any atom is 0.251 e. The summed E-state index contributed by atoms with van der Waals surface area (Å²) in [5.41, 5.74) is 2.09. The summed E-state index contributed by atoms with van der Waals surface area (Å²) in [6, 6.07) is 14.4. The molecule has 0 saturated heterocycles. The lowest BCUT2D eigenvalue weighted by molar-refractivity contribution is -0.114. The van der Waals surface area contributed by atoms with Gasteiger partial charge in [-0.05, 0) is 61.4 Å². The minimum absolute atomic E-state index is 0.0517. The quantitative estimate of drug-likeness (QED) is 0.687. The van der Waals surface area contributed by atoms with Crippen LogP contribution in [0.5, 0.6) is 0 Å². The van der Waals surface area contributed by atoms with Gasteiger partial charge in [0.05, 0.1) is 6.54 Å². The Kier molecular flexibility index (Phi) is 6.71. The third-order valence-corrected chi connectivity index (χ3v) is 4.92. The van der Waals surface area contributed by atoms with Crippen LogP contribution in [0, 0.1) is 0 Å². The Morgan fingerprint density at radius 1 is 0.889 bits per heavy atom. The third kappa shape index (κ3) is 6.00. The van der Waals surface area contributed by atoms with E-state index in [2.05, 4.69) is 16.0 Å². The fourth-order valence-corrected chi connectivity index (χ4v) is 3.30. The Labute approximate surface area is 164 Å². The van der Waals surface area contributed by atoms with Crippen LogP contribution in [0.4, 0.5) is 11.4 Å². The molecule has 0 unspecified atom stereocenters. The van der Waals surface area contributed by atoms with Gasteiger partial charge in [0.15, 0.2) is 0 Å². The fourth-order valence-electron chi connectivity index (χ4n) is 3.18. The zero-order valence-corrected chi connectivity index (χ0v) is 15.9. The molecule has 0 radical (unpaired) electrons. The molecule has 1 aliphatic carbocycles. The van der Waals surface area contributed by atoms with Crippen molar-refractivity contribution in [3.05, 3.63) is 59.1 Å². The summed E-state index contributed by atoms with van der Waals surface area (Å²) in [6.45, 7) is 0.144. The molecule has 0 bridgehead atoms. The van der Waals surface area contributed by atoms with Gasteiger partial charge in [0.1, 0.15) is 0 Å². The molecule has 1 saturated carbocycles. The molecule has 0 spiro atoms. The minimum atomic E-state index is -0.163. The molecule has 3 rings (SSSR count). The van der Waals surface area contributed by atoms with E-state index < -0.39 is 0 Å². The van der Waals surface area contributed by atoms with Gasteiger partial charge in [-0.15, -0.1) is 0 Å². The Balaban J connectivity index is 1.47. The van der Waals surface area contributed by atoms with E-state index in [0.29, 0.717) is 16.3 Å². The number of anilines is 2. The van der Waals surface area contributed by atoms with Crippen LogP contribution in [-0.4, -0.2) is 24.4 Å². The van der Waals surface area contributed by atoms with E-state index in [0.717, 1.165) is 18.5 Å². The number of nitrogens with one attached hydrogen (secondary N) is 3. The second-order valence-electron chi connectivity index (χ2n) is 6.79. The van der Waals surface area contributed by atoms with Gasteiger partial charge in [-0.3, -0.25) is 9.59 Å². The Bertz CT molecular complexity index is 769. The summed E-state index contributed by atoms with van der Waals surface area (Å²) in [5, 5.41) is 9.59. The van der Waals surface area contributed by atoms with Crippen LogP contribution in [0.15, 0.2) is 48.5 Å². The van der Waals surface area contributed by atoms with Crippen LogP contribution in [0.1, 0.15) is 42.5 Å². The molecule has 0 aliphatic heterocycles. The van der Waals surface area contributed by atoms with Gasteiger partial charge in [0.25, 0.3) is 5.91 Å². The van der Waals surface area contributed by atoms with Crippen molar-refractivity contribution in [3.8, 4) is 0 Å². The first-order chi connectivity index (χ1) is 13.1. The molecule has 2 amide bonds. The Hall–Kier alpha value is -2.53. The highest BCUT2D eigenvalue weighted by Gasteiger charge is 2.16. The predicted molar refractivity (Wildman–Crippen MR) is 109 cm³/mol. The summed E-state index contributed by atoms with van der Waals surface area (Å²) in [6.07, 6.45) is 5.73. The summed E-state index contributed by atoms with van der Waals surface area (Å²) in [7, 11) is 0.